The molecule has 2 amide bonds. The molecule has 0 aliphatic carbocycles. The maximum absolute atomic E-state index is 12.6. The van der Waals surface area contributed by atoms with Crippen molar-refractivity contribution in [1.29, 1.82) is 0 Å². The Hall–Kier alpha value is -1.79. The number of nitrogens with zero attached hydrogens (tertiary/aromatic N) is 2. The molecule has 0 aromatic rings. The van der Waals surface area contributed by atoms with Crippen molar-refractivity contribution in [2.75, 3.05) is 20.1 Å². The van der Waals surface area contributed by atoms with Gasteiger partial charge in [-0.1, -0.05) is 12.1 Å². The summed E-state index contributed by atoms with van der Waals surface area (Å²) in [5, 5.41) is 14.5. The van der Waals surface area contributed by atoms with Crippen molar-refractivity contribution in [1.82, 2.24) is 10.2 Å². The fourth-order valence-corrected chi connectivity index (χ4v) is 2.52. The van der Waals surface area contributed by atoms with Crippen LogP contribution in [0.25, 0.3) is 0 Å². The highest BCUT2D eigenvalue weighted by Gasteiger charge is 2.47. The molecule has 2 atom stereocenters. The molecule has 0 spiro atoms. The molecule has 1 rings (SSSR count). The summed E-state index contributed by atoms with van der Waals surface area (Å²) in [5.74, 6) is -0.378. The van der Waals surface area contributed by atoms with Crippen LogP contribution in [0.5, 0.6) is 0 Å². The summed E-state index contributed by atoms with van der Waals surface area (Å²) in [7, 11) is 1.59. The van der Waals surface area contributed by atoms with Crippen LogP contribution in [-0.4, -0.2) is 47.9 Å². The van der Waals surface area contributed by atoms with Gasteiger partial charge in [-0.05, 0) is 26.7 Å². The number of nitrogens with one attached hydrogen (secondary N) is 1. The van der Waals surface area contributed by atoms with Gasteiger partial charge in [0.15, 0.2) is 5.84 Å². The minimum atomic E-state index is -1.04. The lowest BCUT2D eigenvalue weighted by atomic mass is 9.84. The summed E-state index contributed by atoms with van der Waals surface area (Å²) in [6.07, 6.45) is 1.03. The molecule has 0 saturated carbocycles. The van der Waals surface area contributed by atoms with Crippen molar-refractivity contribution >= 4 is 17.6 Å². The normalized spacial score (nSPS) is 26.2. The number of nitrogens with two attached hydrogens (primary N) is 1. The van der Waals surface area contributed by atoms with Gasteiger partial charge in [0, 0.05) is 20.1 Å². The molecule has 1 saturated heterocycles. The fourth-order valence-electron chi connectivity index (χ4n) is 2.52. The van der Waals surface area contributed by atoms with Gasteiger partial charge in [-0.3, -0.25) is 9.59 Å². The van der Waals surface area contributed by atoms with Crippen LogP contribution in [-0.2, 0) is 9.59 Å². The summed E-state index contributed by atoms with van der Waals surface area (Å²) in [4.78, 5) is 26.1. The van der Waals surface area contributed by atoms with E-state index in [2.05, 4.69) is 10.5 Å². The van der Waals surface area contributed by atoms with E-state index in [9.17, 15) is 9.59 Å². The van der Waals surface area contributed by atoms with E-state index in [1.54, 1.807) is 18.9 Å². The van der Waals surface area contributed by atoms with Crippen LogP contribution in [0.4, 0.5) is 0 Å². The van der Waals surface area contributed by atoms with E-state index in [4.69, 9.17) is 10.9 Å². The third-order valence-electron chi connectivity index (χ3n) is 4.39. The summed E-state index contributed by atoms with van der Waals surface area (Å²) in [6, 6.07) is 0. The second-order valence-electron chi connectivity index (χ2n) is 5.79. The smallest absolute Gasteiger partial charge is 0.236 e. The first-order chi connectivity index (χ1) is 9.25. The highest BCUT2D eigenvalue weighted by molar-refractivity contribution is 6.06. The molecular formula is C13H24N4O3. The van der Waals surface area contributed by atoms with Gasteiger partial charge in [0.2, 0.25) is 11.8 Å². The zero-order valence-corrected chi connectivity index (χ0v) is 12.6. The highest BCUT2D eigenvalue weighted by atomic mass is 16.4. The van der Waals surface area contributed by atoms with E-state index in [-0.39, 0.29) is 17.6 Å². The Labute approximate surface area is 119 Å². The maximum atomic E-state index is 12.6. The number of amides is 2. The van der Waals surface area contributed by atoms with Crippen LogP contribution >= 0.6 is 0 Å². The second kappa shape index (κ2) is 5.68. The lowest BCUT2D eigenvalue weighted by Gasteiger charge is -2.31. The molecule has 2 unspecified atom stereocenters. The SMILES string of the molecule is CCC(C)(C(=O)N1CCC(C)(C(=O)NC)C1)C(N)=NO. The summed E-state index contributed by atoms with van der Waals surface area (Å²) in [6.45, 7) is 6.15. The first-order valence-corrected chi connectivity index (χ1v) is 6.74. The van der Waals surface area contributed by atoms with E-state index < -0.39 is 10.8 Å². The van der Waals surface area contributed by atoms with E-state index in [0.717, 1.165) is 0 Å². The quantitative estimate of drug-likeness (QED) is 0.295. The lowest BCUT2D eigenvalue weighted by Crippen LogP contribution is -2.50. The number of hydrogen-bond acceptors (Lipinski definition) is 4. The first kappa shape index (κ1) is 16.3. The van der Waals surface area contributed by atoms with Gasteiger partial charge in [-0.2, -0.15) is 0 Å². The number of hydrogen-bond donors (Lipinski definition) is 3. The van der Waals surface area contributed by atoms with Crippen molar-refractivity contribution < 1.29 is 14.8 Å². The molecule has 0 aromatic heterocycles. The van der Waals surface area contributed by atoms with Gasteiger partial charge in [0.25, 0.3) is 0 Å². The number of oxime groups is 1. The molecular weight excluding hydrogens is 260 g/mol. The Bertz CT molecular complexity index is 437. The summed E-state index contributed by atoms with van der Waals surface area (Å²) >= 11 is 0. The van der Waals surface area contributed by atoms with Gasteiger partial charge in [-0.25, -0.2) is 0 Å². The largest absolute Gasteiger partial charge is 0.409 e. The number of rotatable bonds is 4. The predicted molar refractivity (Wildman–Crippen MR) is 75.2 cm³/mol. The molecule has 20 heavy (non-hydrogen) atoms. The second-order valence-corrected chi connectivity index (χ2v) is 5.79. The molecule has 1 fully saturated rings. The van der Waals surface area contributed by atoms with Gasteiger partial charge < -0.3 is 21.2 Å². The van der Waals surface area contributed by atoms with Crippen LogP contribution in [0.2, 0.25) is 0 Å². The lowest BCUT2D eigenvalue weighted by molar-refractivity contribution is -0.138. The van der Waals surface area contributed by atoms with Gasteiger partial charge >= 0.3 is 0 Å². The van der Waals surface area contributed by atoms with Crippen molar-refractivity contribution in [3.8, 4) is 0 Å². The zero-order valence-electron chi connectivity index (χ0n) is 12.6. The average molecular weight is 284 g/mol. The van der Waals surface area contributed by atoms with Crippen molar-refractivity contribution in [3.63, 3.8) is 0 Å². The van der Waals surface area contributed by atoms with Crippen LogP contribution in [0.3, 0.4) is 0 Å². The molecule has 1 aliphatic heterocycles. The van der Waals surface area contributed by atoms with Crippen molar-refractivity contribution in [2.24, 2.45) is 21.7 Å². The average Bonchev–Trinajstić information content (AvgIpc) is 2.87. The third kappa shape index (κ3) is 2.57. The Morgan fingerprint density at radius 3 is 2.60 bits per heavy atom. The zero-order chi connectivity index (χ0) is 15.6. The summed E-state index contributed by atoms with van der Waals surface area (Å²) in [5.41, 5.74) is 4.04. The highest BCUT2D eigenvalue weighted by Crippen LogP contribution is 2.34. The third-order valence-corrected chi connectivity index (χ3v) is 4.39. The van der Waals surface area contributed by atoms with E-state index in [0.29, 0.717) is 25.9 Å². The molecule has 114 valence electrons. The maximum Gasteiger partial charge on any atom is 0.236 e. The van der Waals surface area contributed by atoms with Crippen LogP contribution in [0, 0.1) is 10.8 Å². The van der Waals surface area contributed by atoms with Crippen LogP contribution < -0.4 is 11.1 Å². The van der Waals surface area contributed by atoms with Crippen LogP contribution in [0.15, 0.2) is 5.16 Å². The number of carbonyl (C=O) groups excluding carboxylic acids is 2. The molecule has 0 bridgehead atoms. The molecule has 1 heterocycles. The number of amidine groups is 1. The Kier molecular flexibility index (Phi) is 4.62. The minimum absolute atomic E-state index is 0.0743. The monoisotopic (exact) mass is 284 g/mol. The Balaban J connectivity index is 2.93. The number of carbonyl (C=O) groups is 2. The Morgan fingerprint density at radius 2 is 2.15 bits per heavy atom. The molecule has 4 N–H and O–H groups in total. The van der Waals surface area contributed by atoms with Gasteiger partial charge in [-0.15, -0.1) is 0 Å². The van der Waals surface area contributed by atoms with E-state index >= 15 is 0 Å². The van der Waals surface area contributed by atoms with E-state index in [1.165, 1.54) is 0 Å². The fraction of sp³-hybridized carbons (Fsp3) is 0.769. The molecule has 0 radical (unpaired) electrons. The number of likely N-dealkylation sites (tertiary alicyclic amines) is 1. The molecule has 1 aliphatic rings. The molecule has 7 nitrogen and oxygen atoms in total. The minimum Gasteiger partial charge on any atom is -0.409 e. The predicted octanol–water partition coefficient (Wildman–Crippen LogP) is 0.134. The van der Waals surface area contributed by atoms with Crippen molar-refractivity contribution in [2.45, 2.75) is 33.6 Å². The van der Waals surface area contributed by atoms with Gasteiger partial charge in [0.1, 0.15) is 5.41 Å². The van der Waals surface area contributed by atoms with E-state index in [1.807, 2.05) is 13.8 Å². The topological polar surface area (TPSA) is 108 Å². The van der Waals surface area contributed by atoms with Crippen LogP contribution in [0.1, 0.15) is 33.6 Å². The first-order valence-electron chi connectivity index (χ1n) is 6.74. The summed E-state index contributed by atoms with van der Waals surface area (Å²) < 4.78 is 0. The van der Waals surface area contributed by atoms with Gasteiger partial charge in [0.05, 0.1) is 5.41 Å². The molecule has 7 heteroatoms. The standard InChI is InChI=1S/C13H24N4O3/c1-5-13(3,9(14)16-20)11(19)17-7-6-12(2,8-17)10(18)15-4/h20H,5-8H2,1-4H3,(H2,14,16)(H,15,18). The van der Waals surface area contributed by atoms with Crippen molar-refractivity contribution in [3.05, 3.63) is 0 Å². The molecule has 0 aromatic carbocycles. The Morgan fingerprint density at radius 1 is 1.55 bits per heavy atom.